The molecule has 2 N–H and O–H groups in total. The van der Waals surface area contributed by atoms with Crippen LogP contribution in [0.25, 0.3) is 11.1 Å². The van der Waals surface area contributed by atoms with E-state index in [4.69, 9.17) is 5.11 Å². The van der Waals surface area contributed by atoms with Crippen LogP contribution in [0.1, 0.15) is 51.6 Å². The summed E-state index contributed by atoms with van der Waals surface area (Å²) in [5.41, 5.74) is 1.72. The van der Waals surface area contributed by atoms with Crippen LogP contribution in [0.2, 0.25) is 0 Å². The Hall–Kier alpha value is -3.24. The molecule has 37 heavy (non-hydrogen) atoms. The standard InChI is InChI=1S/C27H34FN3O5S/c1-18(2)14-19-6-9-24(37(34,35)30-26(33)36-13-12-32)22(15-19)20-7-8-21(23(28)16-20)17-31-11-10-29-25(31)27(3,4)5/h6-11,15-16,18,32H,12-14,17H2,1-5H3,(H,30,33). The lowest BCUT2D eigenvalue weighted by Gasteiger charge is -2.20. The lowest BCUT2D eigenvalue weighted by atomic mass is 9.95. The fourth-order valence-electron chi connectivity index (χ4n) is 4.08. The molecule has 200 valence electrons. The van der Waals surface area contributed by atoms with Crippen molar-refractivity contribution in [3.05, 3.63) is 71.6 Å². The van der Waals surface area contributed by atoms with Crippen LogP contribution in [-0.2, 0) is 33.1 Å². The number of halogens is 1. The third-order valence-electron chi connectivity index (χ3n) is 5.61. The van der Waals surface area contributed by atoms with Gasteiger partial charge in [-0.2, -0.15) is 0 Å². The maximum Gasteiger partial charge on any atom is 0.421 e. The number of rotatable bonds is 9. The van der Waals surface area contributed by atoms with Crippen molar-refractivity contribution in [3.8, 4) is 11.1 Å². The predicted molar refractivity (Wildman–Crippen MR) is 139 cm³/mol. The van der Waals surface area contributed by atoms with Crippen LogP contribution < -0.4 is 4.72 Å². The lowest BCUT2D eigenvalue weighted by Crippen LogP contribution is -2.32. The van der Waals surface area contributed by atoms with Gasteiger partial charge in [0.2, 0.25) is 0 Å². The predicted octanol–water partition coefficient (Wildman–Crippen LogP) is 4.64. The summed E-state index contributed by atoms with van der Waals surface area (Å²) in [5, 5.41) is 8.81. The molecule has 3 rings (SSSR count). The van der Waals surface area contributed by atoms with Crippen LogP contribution in [-0.4, -0.2) is 42.4 Å². The minimum Gasteiger partial charge on any atom is -0.446 e. The van der Waals surface area contributed by atoms with E-state index in [0.29, 0.717) is 23.5 Å². The van der Waals surface area contributed by atoms with Crippen LogP contribution in [0.5, 0.6) is 0 Å². The molecule has 0 aliphatic heterocycles. The van der Waals surface area contributed by atoms with Gasteiger partial charge in [-0.1, -0.05) is 52.8 Å². The minimum absolute atomic E-state index is 0.183. The molecule has 0 bridgehead atoms. The highest BCUT2D eigenvalue weighted by molar-refractivity contribution is 7.90. The molecule has 1 aromatic heterocycles. The number of sulfonamides is 1. The summed E-state index contributed by atoms with van der Waals surface area (Å²) in [6.07, 6.45) is 2.97. The van der Waals surface area contributed by atoms with E-state index in [-0.39, 0.29) is 29.0 Å². The molecule has 3 aromatic rings. The van der Waals surface area contributed by atoms with E-state index in [2.05, 4.69) is 9.72 Å². The Morgan fingerprint density at radius 2 is 1.92 bits per heavy atom. The first-order valence-electron chi connectivity index (χ1n) is 12.1. The number of hydrogen-bond acceptors (Lipinski definition) is 6. The number of carbonyl (C=O) groups excluding carboxylic acids is 1. The number of amides is 1. The maximum atomic E-state index is 15.3. The van der Waals surface area contributed by atoms with Crippen LogP contribution >= 0.6 is 0 Å². The van der Waals surface area contributed by atoms with Crippen molar-refractivity contribution in [2.24, 2.45) is 5.92 Å². The van der Waals surface area contributed by atoms with Crippen molar-refractivity contribution in [2.45, 2.75) is 57.9 Å². The van der Waals surface area contributed by atoms with E-state index in [1.165, 1.54) is 12.1 Å². The molecule has 0 aliphatic carbocycles. The number of aromatic nitrogens is 2. The number of nitrogens with one attached hydrogen (secondary N) is 1. The highest BCUT2D eigenvalue weighted by Gasteiger charge is 2.24. The zero-order chi connectivity index (χ0) is 27.4. The van der Waals surface area contributed by atoms with Crippen LogP contribution in [0, 0.1) is 11.7 Å². The van der Waals surface area contributed by atoms with Crippen molar-refractivity contribution in [1.82, 2.24) is 14.3 Å². The first kappa shape index (κ1) is 28.3. The maximum absolute atomic E-state index is 15.3. The van der Waals surface area contributed by atoms with Gasteiger partial charge in [0.1, 0.15) is 18.2 Å². The van der Waals surface area contributed by atoms with Gasteiger partial charge in [-0.05, 0) is 41.7 Å². The number of hydrogen-bond donors (Lipinski definition) is 2. The Morgan fingerprint density at radius 1 is 1.19 bits per heavy atom. The minimum atomic E-state index is -4.34. The summed E-state index contributed by atoms with van der Waals surface area (Å²) in [5.74, 6) is 0.650. The average Bonchev–Trinajstić information content (AvgIpc) is 3.27. The van der Waals surface area contributed by atoms with Gasteiger partial charge in [-0.3, -0.25) is 0 Å². The van der Waals surface area contributed by atoms with Crippen molar-refractivity contribution in [2.75, 3.05) is 13.2 Å². The van der Waals surface area contributed by atoms with E-state index in [1.807, 2.05) is 43.9 Å². The van der Waals surface area contributed by atoms with Crippen molar-refractivity contribution < 1.29 is 27.4 Å². The van der Waals surface area contributed by atoms with Crippen LogP contribution in [0.4, 0.5) is 9.18 Å². The zero-order valence-electron chi connectivity index (χ0n) is 21.8. The molecule has 0 atom stereocenters. The van der Waals surface area contributed by atoms with Crippen LogP contribution in [0.3, 0.4) is 0 Å². The van der Waals surface area contributed by atoms with Gasteiger partial charge in [0.05, 0.1) is 18.0 Å². The molecule has 0 unspecified atom stereocenters. The Kier molecular flexibility index (Phi) is 8.76. The van der Waals surface area contributed by atoms with Crippen LogP contribution in [0.15, 0.2) is 53.7 Å². The van der Waals surface area contributed by atoms with Crippen molar-refractivity contribution >= 4 is 16.1 Å². The van der Waals surface area contributed by atoms with Gasteiger partial charge in [0, 0.05) is 28.9 Å². The molecule has 0 spiro atoms. The first-order chi connectivity index (χ1) is 17.3. The number of carbonyl (C=O) groups is 1. The largest absolute Gasteiger partial charge is 0.446 e. The smallest absolute Gasteiger partial charge is 0.421 e. The van der Waals surface area contributed by atoms with E-state index in [1.54, 1.807) is 36.7 Å². The summed E-state index contributed by atoms with van der Waals surface area (Å²) in [6, 6.07) is 9.39. The summed E-state index contributed by atoms with van der Waals surface area (Å²) < 4.78 is 49.8. The zero-order valence-corrected chi connectivity index (χ0v) is 22.6. The SMILES string of the molecule is CC(C)Cc1ccc(S(=O)(=O)NC(=O)OCCO)c(-c2ccc(Cn3ccnc3C(C)(C)C)c(F)c2)c1. The van der Waals surface area contributed by atoms with Gasteiger partial charge in [0.25, 0.3) is 10.0 Å². The Bertz CT molecular complexity index is 1360. The molecule has 0 radical (unpaired) electrons. The topological polar surface area (TPSA) is 111 Å². The molecule has 2 aromatic carbocycles. The monoisotopic (exact) mass is 531 g/mol. The summed E-state index contributed by atoms with van der Waals surface area (Å²) in [7, 11) is -4.34. The number of aliphatic hydroxyl groups excluding tert-OH is 1. The van der Waals surface area contributed by atoms with E-state index < -0.39 is 28.5 Å². The summed E-state index contributed by atoms with van der Waals surface area (Å²) in [6.45, 7) is 9.67. The Balaban J connectivity index is 2.02. The Labute approximate surface area is 217 Å². The molecular weight excluding hydrogens is 497 g/mol. The van der Waals surface area contributed by atoms with Crippen molar-refractivity contribution in [3.63, 3.8) is 0 Å². The molecule has 0 aliphatic rings. The molecule has 0 saturated carbocycles. The normalized spacial score (nSPS) is 12.1. The highest BCUT2D eigenvalue weighted by Crippen LogP contribution is 2.31. The third-order valence-corrected chi connectivity index (χ3v) is 6.98. The van der Waals surface area contributed by atoms with Gasteiger partial charge < -0.3 is 14.4 Å². The molecule has 8 nitrogen and oxygen atoms in total. The summed E-state index contributed by atoms with van der Waals surface area (Å²) in [4.78, 5) is 16.1. The van der Waals surface area contributed by atoms with E-state index >= 15 is 4.39 Å². The van der Waals surface area contributed by atoms with Gasteiger partial charge >= 0.3 is 6.09 Å². The van der Waals surface area contributed by atoms with Gasteiger partial charge in [-0.15, -0.1) is 0 Å². The van der Waals surface area contributed by atoms with E-state index in [0.717, 1.165) is 11.4 Å². The second kappa shape index (κ2) is 11.4. The highest BCUT2D eigenvalue weighted by atomic mass is 32.2. The number of nitrogens with zero attached hydrogens (tertiary/aromatic N) is 2. The third kappa shape index (κ3) is 7.17. The van der Waals surface area contributed by atoms with Gasteiger partial charge in [-0.25, -0.2) is 27.3 Å². The van der Waals surface area contributed by atoms with Crippen molar-refractivity contribution in [1.29, 1.82) is 0 Å². The number of imidazole rings is 1. The van der Waals surface area contributed by atoms with E-state index in [9.17, 15) is 13.2 Å². The number of ether oxygens (including phenoxy) is 1. The average molecular weight is 532 g/mol. The molecule has 1 amide bonds. The lowest BCUT2D eigenvalue weighted by molar-refractivity contribution is 0.124. The molecule has 10 heteroatoms. The second-order valence-electron chi connectivity index (χ2n) is 10.3. The first-order valence-corrected chi connectivity index (χ1v) is 13.5. The fraction of sp³-hybridized carbons (Fsp3) is 0.407. The molecule has 1 heterocycles. The fourth-order valence-corrected chi connectivity index (χ4v) is 5.18. The molecule has 0 saturated heterocycles. The number of aliphatic hydroxyl groups is 1. The number of benzene rings is 2. The summed E-state index contributed by atoms with van der Waals surface area (Å²) >= 11 is 0. The molecule has 0 fully saturated rings. The second-order valence-corrected chi connectivity index (χ2v) is 12.0. The Morgan fingerprint density at radius 3 is 2.54 bits per heavy atom. The van der Waals surface area contributed by atoms with Gasteiger partial charge in [0.15, 0.2) is 0 Å². The molecular formula is C27H34FN3O5S. The quantitative estimate of drug-likeness (QED) is 0.416.